The molecule has 0 fully saturated rings. The fourth-order valence-electron chi connectivity index (χ4n) is 6.86. The SMILES string of the molecule is CCCCC1(CCCC)CC(c2ccccc2)c2cc(SC)c(O/C(C)=C/C(=O)O)cc2S(O)(O)C1Cc1ccc(OC)cc1. The predicted molar refractivity (Wildman–Crippen MR) is 186 cm³/mol. The van der Waals surface area contributed by atoms with Gasteiger partial charge in [0.2, 0.25) is 0 Å². The van der Waals surface area contributed by atoms with E-state index in [2.05, 4.69) is 44.2 Å². The Kier molecular flexibility index (Phi) is 12.1. The summed E-state index contributed by atoms with van der Waals surface area (Å²) in [6, 6.07) is 22.2. The Morgan fingerprint density at radius 2 is 1.67 bits per heavy atom. The minimum Gasteiger partial charge on any atom is -0.497 e. The third-order valence-corrected chi connectivity index (χ3v) is 12.3. The number of hydrogen-bond donors (Lipinski definition) is 3. The molecule has 3 aromatic rings. The normalized spacial score (nSPS) is 19.7. The first kappa shape index (κ1) is 35.0. The van der Waals surface area contributed by atoms with Gasteiger partial charge in [-0.25, -0.2) is 4.79 Å². The number of thioether (sulfide) groups is 1. The first-order valence-electron chi connectivity index (χ1n) is 15.8. The number of unbranched alkanes of at least 4 members (excludes halogenated alkanes) is 2. The molecule has 0 saturated carbocycles. The Balaban J connectivity index is 2.01. The number of benzene rings is 3. The van der Waals surface area contributed by atoms with Crippen LogP contribution in [0.3, 0.4) is 0 Å². The summed E-state index contributed by atoms with van der Waals surface area (Å²) in [5.41, 5.74) is 2.76. The van der Waals surface area contributed by atoms with Gasteiger partial charge in [0.1, 0.15) is 17.3 Å². The number of ether oxygens (including phenoxy) is 2. The predicted octanol–water partition coefficient (Wildman–Crippen LogP) is 10.4. The molecular weight excluding hydrogens is 605 g/mol. The highest BCUT2D eigenvalue weighted by molar-refractivity contribution is 8.25. The maximum atomic E-state index is 12.7. The summed E-state index contributed by atoms with van der Waals surface area (Å²) in [6.07, 6.45) is 10.1. The largest absolute Gasteiger partial charge is 0.497 e. The van der Waals surface area contributed by atoms with Crippen molar-refractivity contribution in [3.05, 3.63) is 95.3 Å². The Morgan fingerprint density at radius 1 is 1.02 bits per heavy atom. The molecule has 1 heterocycles. The number of carboxylic acids is 1. The van der Waals surface area contributed by atoms with E-state index >= 15 is 0 Å². The van der Waals surface area contributed by atoms with Gasteiger partial charge >= 0.3 is 5.97 Å². The van der Waals surface area contributed by atoms with Crippen LogP contribution in [-0.4, -0.2) is 38.8 Å². The standard InChI is InChI=1S/C37H48O6S2/c1-6-8-19-37(20-9-7-2)25-31(28-13-11-10-12-14-28)30-23-33(44-5)32(43-26(3)21-36(38)39)24-34(30)45(40,41)35(37)22-27-15-17-29(42-4)18-16-27/h10-18,21,23-24,31,35,40-41H,6-9,19-20,22,25H2,1-5H3,(H,38,39)/b26-21+. The highest BCUT2D eigenvalue weighted by atomic mass is 32.3. The van der Waals surface area contributed by atoms with E-state index in [1.54, 1.807) is 20.1 Å². The fraction of sp³-hybridized carbons (Fsp3) is 0.432. The molecule has 1 aliphatic heterocycles. The van der Waals surface area contributed by atoms with Gasteiger partial charge in [-0.15, -0.1) is 11.8 Å². The van der Waals surface area contributed by atoms with Crippen molar-refractivity contribution in [2.75, 3.05) is 13.4 Å². The van der Waals surface area contributed by atoms with E-state index in [0.29, 0.717) is 17.1 Å². The minimum atomic E-state index is -3.41. The summed E-state index contributed by atoms with van der Waals surface area (Å²) in [5.74, 6) is 0.258. The number of carbonyl (C=O) groups is 1. The van der Waals surface area contributed by atoms with Gasteiger partial charge in [-0.3, -0.25) is 9.11 Å². The Labute approximate surface area is 274 Å². The molecule has 4 rings (SSSR count). The average molecular weight is 653 g/mol. The van der Waals surface area contributed by atoms with Crippen molar-refractivity contribution in [2.45, 2.75) is 93.1 Å². The van der Waals surface area contributed by atoms with Crippen molar-refractivity contribution in [3.63, 3.8) is 0 Å². The van der Waals surface area contributed by atoms with Crippen LogP contribution in [0.25, 0.3) is 0 Å². The van der Waals surface area contributed by atoms with Crippen LogP contribution in [0.15, 0.2) is 88.4 Å². The molecule has 0 saturated heterocycles. The zero-order valence-electron chi connectivity index (χ0n) is 27.1. The van der Waals surface area contributed by atoms with Gasteiger partial charge in [0.25, 0.3) is 0 Å². The molecule has 0 aliphatic carbocycles. The lowest BCUT2D eigenvalue weighted by Gasteiger charge is -2.50. The Morgan fingerprint density at radius 3 is 2.22 bits per heavy atom. The molecule has 2 atom stereocenters. The number of carboxylic acid groups (broad SMARTS) is 1. The van der Waals surface area contributed by atoms with Gasteiger partial charge in [0.15, 0.2) is 0 Å². The second-order valence-corrected chi connectivity index (χ2v) is 15.1. The van der Waals surface area contributed by atoms with Gasteiger partial charge in [-0.2, -0.15) is 10.6 Å². The lowest BCUT2D eigenvalue weighted by atomic mass is 9.66. The second-order valence-electron chi connectivity index (χ2n) is 12.1. The van der Waals surface area contributed by atoms with Crippen LogP contribution in [0, 0.1) is 5.41 Å². The molecule has 6 nitrogen and oxygen atoms in total. The van der Waals surface area contributed by atoms with E-state index in [0.717, 1.165) is 78.4 Å². The highest BCUT2D eigenvalue weighted by Gasteiger charge is 2.51. The molecule has 0 radical (unpaired) electrons. The van der Waals surface area contributed by atoms with Crippen LogP contribution in [0.1, 0.15) is 88.3 Å². The molecule has 0 aromatic heterocycles. The molecule has 3 N–H and O–H groups in total. The number of methoxy groups -OCH3 is 1. The number of aliphatic carboxylic acids is 1. The van der Waals surface area contributed by atoms with Crippen molar-refractivity contribution in [1.29, 1.82) is 0 Å². The molecular formula is C37H48O6S2. The zero-order chi connectivity index (χ0) is 32.6. The van der Waals surface area contributed by atoms with Crippen LogP contribution < -0.4 is 9.47 Å². The summed E-state index contributed by atoms with van der Waals surface area (Å²) in [5, 5.41) is 8.89. The maximum Gasteiger partial charge on any atom is 0.331 e. The number of hydrogen-bond acceptors (Lipinski definition) is 6. The second kappa shape index (κ2) is 15.6. The van der Waals surface area contributed by atoms with Crippen LogP contribution >= 0.6 is 22.4 Å². The summed E-state index contributed by atoms with van der Waals surface area (Å²) in [7, 11) is -1.76. The molecule has 8 heteroatoms. The number of fused-ring (bicyclic) bond motifs is 1. The molecule has 1 aliphatic rings. The fourth-order valence-corrected chi connectivity index (χ4v) is 9.99. The average Bonchev–Trinajstić information content (AvgIpc) is 3.10. The van der Waals surface area contributed by atoms with Gasteiger partial charge < -0.3 is 14.6 Å². The van der Waals surface area contributed by atoms with Crippen LogP contribution in [0.5, 0.6) is 11.5 Å². The first-order chi connectivity index (χ1) is 21.6. The van der Waals surface area contributed by atoms with Crippen molar-refractivity contribution < 1.29 is 28.5 Å². The number of rotatable bonds is 14. The smallest absolute Gasteiger partial charge is 0.331 e. The molecule has 244 valence electrons. The highest BCUT2D eigenvalue weighted by Crippen LogP contribution is 2.68. The number of allylic oxidation sites excluding steroid dienone is 1. The zero-order valence-corrected chi connectivity index (χ0v) is 28.8. The third kappa shape index (κ3) is 8.09. The van der Waals surface area contributed by atoms with E-state index in [9.17, 15) is 19.0 Å². The molecule has 0 bridgehead atoms. The lowest BCUT2D eigenvalue weighted by Crippen LogP contribution is -2.40. The Hall–Kier alpha value is -2.91. The van der Waals surface area contributed by atoms with Crippen molar-refractivity contribution in [1.82, 2.24) is 0 Å². The van der Waals surface area contributed by atoms with Gasteiger partial charge in [0, 0.05) is 12.0 Å². The first-order valence-corrected chi connectivity index (χ1v) is 18.7. The van der Waals surface area contributed by atoms with Crippen molar-refractivity contribution in [2.24, 2.45) is 5.41 Å². The van der Waals surface area contributed by atoms with E-state index in [-0.39, 0.29) is 17.1 Å². The molecule has 0 amide bonds. The summed E-state index contributed by atoms with van der Waals surface area (Å²) < 4.78 is 37.0. The minimum absolute atomic E-state index is 0.0578. The van der Waals surface area contributed by atoms with Crippen molar-refractivity contribution >= 4 is 28.3 Å². The summed E-state index contributed by atoms with van der Waals surface area (Å²) >= 11 is 1.50. The van der Waals surface area contributed by atoms with E-state index in [1.807, 2.05) is 36.6 Å². The van der Waals surface area contributed by atoms with E-state index in [1.165, 1.54) is 11.8 Å². The molecule has 3 aromatic carbocycles. The van der Waals surface area contributed by atoms with Crippen LogP contribution in [0.4, 0.5) is 0 Å². The Bertz CT molecular complexity index is 1440. The maximum absolute atomic E-state index is 12.7. The summed E-state index contributed by atoms with van der Waals surface area (Å²) in [6.45, 7) is 6.00. The molecule has 0 spiro atoms. The third-order valence-electron chi connectivity index (χ3n) is 9.12. The summed E-state index contributed by atoms with van der Waals surface area (Å²) in [4.78, 5) is 12.7. The van der Waals surface area contributed by atoms with E-state index in [4.69, 9.17) is 9.47 Å². The monoisotopic (exact) mass is 652 g/mol. The lowest BCUT2D eigenvalue weighted by molar-refractivity contribution is -0.131. The molecule has 45 heavy (non-hydrogen) atoms. The van der Waals surface area contributed by atoms with Gasteiger partial charge in [-0.05, 0) is 79.2 Å². The topological polar surface area (TPSA) is 96.2 Å². The van der Waals surface area contributed by atoms with Crippen LogP contribution in [-0.2, 0) is 11.2 Å². The quantitative estimate of drug-likeness (QED) is 0.0906. The molecule has 2 unspecified atom stereocenters. The van der Waals surface area contributed by atoms with Crippen LogP contribution in [0.2, 0.25) is 0 Å². The van der Waals surface area contributed by atoms with Gasteiger partial charge in [-0.1, -0.05) is 82.0 Å². The van der Waals surface area contributed by atoms with Gasteiger partial charge in [0.05, 0.1) is 28.2 Å². The van der Waals surface area contributed by atoms with Crippen molar-refractivity contribution in [3.8, 4) is 11.5 Å². The van der Waals surface area contributed by atoms with E-state index < -0.39 is 21.8 Å².